The lowest BCUT2D eigenvalue weighted by atomic mass is 10.1. The summed E-state index contributed by atoms with van der Waals surface area (Å²) in [6, 6.07) is 12.4. The van der Waals surface area contributed by atoms with Crippen molar-refractivity contribution in [2.24, 2.45) is 5.92 Å². The van der Waals surface area contributed by atoms with E-state index in [1.54, 1.807) is 12.1 Å². The third-order valence-corrected chi connectivity index (χ3v) is 3.88. The molecular formula is C17H17NO3. The van der Waals surface area contributed by atoms with Crippen molar-refractivity contribution in [3.63, 3.8) is 0 Å². The summed E-state index contributed by atoms with van der Waals surface area (Å²) in [7, 11) is 0. The second-order valence-corrected chi connectivity index (χ2v) is 5.61. The standard InChI is InChI=1S/C17H17NO3/c19-16(18-15(17(20)21)9-11-5-6-11)14-8-7-12-3-1-2-4-13(12)10-14/h1-4,7-8,10-11,15H,5-6,9H2,(H,18,19)(H,20,21)/t15-/m0/s1. The van der Waals surface area contributed by atoms with Gasteiger partial charge >= 0.3 is 5.97 Å². The molecule has 2 aromatic carbocycles. The van der Waals surface area contributed by atoms with E-state index in [2.05, 4.69) is 5.32 Å². The Kier molecular flexibility index (Phi) is 3.60. The molecule has 2 aromatic rings. The van der Waals surface area contributed by atoms with E-state index in [1.807, 2.05) is 30.3 Å². The van der Waals surface area contributed by atoms with Crippen LogP contribution in [-0.4, -0.2) is 23.0 Å². The first-order valence-corrected chi connectivity index (χ1v) is 7.16. The molecule has 108 valence electrons. The maximum absolute atomic E-state index is 12.2. The van der Waals surface area contributed by atoms with Gasteiger partial charge in [0, 0.05) is 5.56 Å². The zero-order chi connectivity index (χ0) is 14.8. The maximum atomic E-state index is 12.2. The highest BCUT2D eigenvalue weighted by molar-refractivity contribution is 6.00. The number of benzene rings is 2. The molecule has 1 fully saturated rings. The molecule has 2 N–H and O–H groups in total. The molecule has 0 radical (unpaired) electrons. The molecule has 0 bridgehead atoms. The molecule has 1 atom stereocenters. The van der Waals surface area contributed by atoms with Crippen LogP contribution in [0, 0.1) is 5.92 Å². The predicted octanol–water partition coefficient (Wildman–Crippen LogP) is 2.82. The van der Waals surface area contributed by atoms with Crippen molar-refractivity contribution < 1.29 is 14.7 Å². The summed E-state index contributed by atoms with van der Waals surface area (Å²) in [6.07, 6.45) is 2.65. The molecular weight excluding hydrogens is 266 g/mol. The highest BCUT2D eigenvalue weighted by Crippen LogP contribution is 2.33. The summed E-state index contributed by atoms with van der Waals surface area (Å²) in [5, 5.41) is 13.9. The Morgan fingerprint density at radius 3 is 2.52 bits per heavy atom. The van der Waals surface area contributed by atoms with E-state index in [9.17, 15) is 14.7 Å². The second kappa shape index (κ2) is 5.56. The van der Waals surface area contributed by atoms with Gasteiger partial charge in [0.25, 0.3) is 5.91 Å². The van der Waals surface area contributed by atoms with Gasteiger partial charge in [0.05, 0.1) is 0 Å². The number of carboxylic acid groups (broad SMARTS) is 1. The van der Waals surface area contributed by atoms with Crippen LogP contribution in [0.2, 0.25) is 0 Å². The van der Waals surface area contributed by atoms with Crippen molar-refractivity contribution in [2.45, 2.75) is 25.3 Å². The normalized spacial score (nSPS) is 15.6. The van der Waals surface area contributed by atoms with Crippen molar-refractivity contribution >= 4 is 22.6 Å². The number of fused-ring (bicyclic) bond motifs is 1. The number of amides is 1. The lowest BCUT2D eigenvalue weighted by molar-refractivity contribution is -0.139. The van der Waals surface area contributed by atoms with E-state index >= 15 is 0 Å². The Hall–Kier alpha value is -2.36. The van der Waals surface area contributed by atoms with Crippen molar-refractivity contribution in [1.29, 1.82) is 0 Å². The van der Waals surface area contributed by atoms with E-state index < -0.39 is 12.0 Å². The van der Waals surface area contributed by atoms with Crippen molar-refractivity contribution in [3.8, 4) is 0 Å². The maximum Gasteiger partial charge on any atom is 0.326 e. The summed E-state index contributed by atoms with van der Waals surface area (Å²) in [5.41, 5.74) is 0.496. The van der Waals surface area contributed by atoms with Crippen LogP contribution >= 0.6 is 0 Å². The quantitative estimate of drug-likeness (QED) is 0.886. The van der Waals surface area contributed by atoms with Crippen LogP contribution in [0.5, 0.6) is 0 Å². The average molecular weight is 283 g/mol. The van der Waals surface area contributed by atoms with E-state index in [0.717, 1.165) is 23.6 Å². The lowest BCUT2D eigenvalue weighted by Gasteiger charge is -2.14. The summed E-state index contributed by atoms with van der Waals surface area (Å²) < 4.78 is 0. The molecule has 0 unspecified atom stereocenters. The number of hydrogen-bond donors (Lipinski definition) is 2. The van der Waals surface area contributed by atoms with Gasteiger partial charge in [-0.2, -0.15) is 0 Å². The number of hydrogen-bond acceptors (Lipinski definition) is 2. The first-order valence-electron chi connectivity index (χ1n) is 7.16. The molecule has 0 aliphatic heterocycles. The molecule has 0 aromatic heterocycles. The summed E-state index contributed by atoms with van der Waals surface area (Å²) in [5.74, 6) is -0.840. The highest BCUT2D eigenvalue weighted by atomic mass is 16.4. The van der Waals surface area contributed by atoms with Crippen LogP contribution < -0.4 is 5.32 Å². The van der Waals surface area contributed by atoms with Gasteiger partial charge in [-0.3, -0.25) is 4.79 Å². The molecule has 1 aliphatic carbocycles. The van der Waals surface area contributed by atoms with E-state index in [0.29, 0.717) is 17.9 Å². The number of carbonyl (C=O) groups is 2. The summed E-state index contributed by atoms with van der Waals surface area (Å²) in [4.78, 5) is 23.5. The topological polar surface area (TPSA) is 66.4 Å². The second-order valence-electron chi connectivity index (χ2n) is 5.61. The van der Waals surface area contributed by atoms with E-state index in [4.69, 9.17) is 0 Å². The Morgan fingerprint density at radius 2 is 1.86 bits per heavy atom. The largest absolute Gasteiger partial charge is 0.480 e. The third-order valence-electron chi connectivity index (χ3n) is 3.88. The van der Waals surface area contributed by atoms with Gasteiger partial charge < -0.3 is 10.4 Å². The van der Waals surface area contributed by atoms with Gasteiger partial charge in [0.2, 0.25) is 0 Å². The van der Waals surface area contributed by atoms with Gasteiger partial charge in [-0.1, -0.05) is 43.2 Å². The molecule has 0 saturated heterocycles. The third kappa shape index (κ3) is 3.21. The first kappa shape index (κ1) is 13.6. The molecule has 21 heavy (non-hydrogen) atoms. The fraction of sp³-hybridized carbons (Fsp3) is 0.294. The number of rotatable bonds is 5. The van der Waals surface area contributed by atoms with Crippen LogP contribution in [0.4, 0.5) is 0 Å². The average Bonchev–Trinajstić information content (AvgIpc) is 3.30. The van der Waals surface area contributed by atoms with Gasteiger partial charge in [-0.25, -0.2) is 4.79 Å². The van der Waals surface area contributed by atoms with Gasteiger partial charge in [0.1, 0.15) is 6.04 Å². The van der Waals surface area contributed by atoms with Crippen molar-refractivity contribution in [2.75, 3.05) is 0 Å². The van der Waals surface area contributed by atoms with Crippen LogP contribution in [0.15, 0.2) is 42.5 Å². The zero-order valence-corrected chi connectivity index (χ0v) is 11.6. The molecule has 1 aliphatic rings. The highest BCUT2D eigenvalue weighted by Gasteiger charge is 2.30. The molecule has 1 amide bonds. The zero-order valence-electron chi connectivity index (χ0n) is 11.6. The fourth-order valence-corrected chi connectivity index (χ4v) is 2.48. The molecule has 4 heteroatoms. The Balaban J connectivity index is 1.77. The Morgan fingerprint density at radius 1 is 1.14 bits per heavy atom. The minimum atomic E-state index is -0.962. The predicted molar refractivity (Wildman–Crippen MR) is 80.2 cm³/mol. The lowest BCUT2D eigenvalue weighted by Crippen LogP contribution is -2.41. The van der Waals surface area contributed by atoms with Crippen LogP contribution in [0.3, 0.4) is 0 Å². The molecule has 0 heterocycles. The summed E-state index contributed by atoms with van der Waals surface area (Å²) in [6.45, 7) is 0. The number of nitrogens with one attached hydrogen (secondary N) is 1. The van der Waals surface area contributed by atoms with Gasteiger partial charge in [0.15, 0.2) is 0 Å². The Bertz CT molecular complexity index is 691. The minimum absolute atomic E-state index is 0.325. The van der Waals surface area contributed by atoms with Crippen molar-refractivity contribution in [3.05, 3.63) is 48.0 Å². The van der Waals surface area contributed by atoms with Crippen LogP contribution in [0.1, 0.15) is 29.6 Å². The monoisotopic (exact) mass is 283 g/mol. The smallest absolute Gasteiger partial charge is 0.326 e. The molecule has 0 spiro atoms. The van der Waals surface area contributed by atoms with Crippen LogP contribution in [-0.2, 0) is 4.79 Å². The SMILES string of the molecule is O=C(N[C@@H](CC1CC1)C(=O)O)c1ccc2ccccc2c1. The summed E-state index contributed by atoms with van der Waals surface area (Å²) >= 11 is 0. The van der Waals surface area contributed by atoms with E-state index in [1.165, 1.54) is 0 Å². The van der Waals surface area contributed by atoms with Gasteiger partial charge in [-0.15, -0.1) is 0 Å². The fourth-order valence-electron chi connectivity index (χ4n) is 2.48. The van der Waals surface area contributed by atoms with E-state index in [-0.39, 0.29) is 5.91 Å². The van der Waals surface area contributed by atoms with Crippen molar-refractivity contribution in [1.82, 2.24) is 5.32 Å². The molecule has 3 rings (SSSR count). The number of aliphatic carboxylic acids is 1. The van der Waals surface area contributed by atoms with Crippen LogP contribution in [0.25, 0.3) is 10.8 Å². The minimum Gasteiger partial charge on any atom is -0.480 e. The van der Waals surface area contributed by atoms with Gasteiger partial charge in [-0.05, 0) is 35.2 Å². The number of carbonyl (C=O) groups excluding carboxylic acids is 1. The Labute approximate surface area is 122 Å². The first-order chi connectivity index (χ1) is 10.1. The molecule has 1 saturated carbocycles. The number of carboxylic acids is 1. The molecule has 4 nitrogen and oxygen atoms in total.